The molecule has 1 aromatic rings. The minimum absolute atomic E-state index is 0.296. The molecule has 0 spiro atoms. The second-order valence-corrected chi connectivity index (χ2v) is 6.57. The van der Waals surface area contributed by atoms with Gasteiger partial charge < -0.3 is 5.73 Å². The summed E-state index contributed by atoms with van der Waals surface area (Å²) in [6.45, 7) is 4.56. The minimum atomic E-state index is 0.296. The van der Waals surface area contributed by atoms with Crippen molar-refractivity contribution in [3.05, 3.63) is 30.1 Å². The van der Waals surface area contributed by atoms with Crippen LogP contribution in [0, 0.1) is 11.8 Å². The lowest BCUT2D eigenvalue weighted by atomic mass is 9.73. The molecule has 0 saturated heterocycles. The Hall–Kier alpha value is -0.890. The van der Waals surface area contributed by atoms with Gasteiger partial charge in [0.2, 0.25) is 0 Å². The molecule has 0 aromatic carbocycles. The third-order valence-electron chi connectivity index (χ3n) is 5.21. The molecule has 112 valence electrons. The molecule has 0 aliphatic heterocycles. The number of unbranched alkanes of at least 4 members (excludes halogenated alkanes) is 1. The monoisotopic (exact) mass is 274 g/mol. The van der Waals surface area contributed by atoms with E-state index in [0.717, 1.165) is 5.92 Å². The summed E-state index contributed by atoms with van der Waals surface area (Å²) in [6, 6.07) is 4.51. The molecular weight excluding hydrogens is 244 g/mol. The SMILES string of the molecule is CCCCC1CCC(C(N)C(C)c2ccncc2)CC1. The van der Waals surface area contributed by atoms with Crippen molar-refractivity contribution in [2.45, 2.75) is 70.8 Å². The molecule has 2 unspecified atom stereocenters. The Bertz CT molecular complexity index is 368. The van der Waals surface area contributed by atoms with E-state index in [-0.39, 0.29) is 0 Å². The van der Waals surface area contributed by atoms with Crippen LogP contribution in [0.2, 0.25) is 0 Å². The lowest BCUT2D eigenvalue weighted by Gasteiger charge is -2.35. The predicted molar refractivity (Wildman–Crippen MR) is 85.6 cm³/mol. The highest BCUT2D eigenvalue weighted by Crippen LogP contribution is 2.36. The molecule has 2 N–H and O–H groups in total. The Labute approximate surface area is 124 Å². The van der Waals surface area contributed by atoms with Gasteiger partial charge in [-0.2, -0.15) is 0 Å². The summed E-state index contributed by atoms with van der Waals surface area (Å²) >= 11 is 0. The molecule has 2 heteroatoms. The fourth-order valence-electron chi connectivity index (χ4n) is 3.65. The fourth-order valence-corrected chi connectivity index (χ4v) is 3.65. The van der Waals surface area contributed by atoms with Gasteiger partial charge in [0.05, 0.1) is 0 Å². The topological polar surface area (TPSA) is 38.9 Å². The molecule has 20 heavy (non-hydrogen) atoms. The van der Waals surface area contributed by atoms with Crippen molar-refractivity contribution in [2.75, 3.05) is 0 Å². The van der Waals surface area contributed by atoms with Crippen molar-refractivity contribution in [2.24, 2.45) is 17.6 Å². The molecule has 1 saturated carbocycles. The standard InChI is InChI=1S/C18H30N2/c1-3-4-5-15-6-8-17(9-7-15)18(19)14(2)16-10-12-20-13-11-16/h10-15,17-18H,3-9,19H2,1-2H3. The summed E-state index contributed by atoms with van der Waals surface area (Å²) in [5, 5.41) is 0. The average molecular weight is 274 g/mol. The van der Waals surface area contributed by atoms with Crippen LogP contribution in [-0.4, -0.2) is 11.0 Å². The van der Waals surface area contributed by atoms with Crippen molar-refractivity contribution >= 4 is 0 Å². The molecule has 0 bridgehead atoms. The number of rotatable bonds is 6. The Morgan fingerprint density at radius 2 is 1.85 bits per heavy atom. The molecule has 2 rings (SSSR count). The van der Waals surface area contributed by atoms with Crippen LogP contribution in [0.15, 0.2) is 24.5 Å². The van der Waals surface area contributed by atoms with Crippen molar-refractivity contribution in [3.63, 3.8) is 0 Å². The Balaban J connectivity index is 1.84. The normalized spacial score (nSPS) is 26.1. The maximum Gasteiger partial charge on any atom is 0.0270 e. The van der Waals surface area contributed by atoms with Crippen LogP contribution in [0.25, 0.3) is 0 Å². The molecule has 2 nitrogen and oxygen atoms in total. The van der Waals surface area contributed by atoms with Crippen LogP contribution >= 0.6 is 0 Å². The van der Waals surface area contributed by atoms with Crippen LogP contribution in [0.5, 0.6) is 0 Å². The number of hydrogen-bond acceptors (Lipinski definition) is 2. The largest absolute Gasteiger partial charge is 0.327 e. The van der Waals surface area contributed by atoms with Gasteiger partial charge in [0.15, 0.2) is 0 Å². The summed E-state index contributed by atoms with van der Waals surface area (Å²) in [4.78, 5) is 4.10. The van der Waals surface area contributed by atoms with Gasteiger partial charge >= 0.3 is 0 Å². The third-order valence-corrected chi connectivity index (χ3v) is 5.21. The Morgan fingerprint density at radius 3 is 2.45 bits per heavy atom. The quantitative estimate of drug-likeness (QED) is 0.829. The molecule has 1 fully saturated rings. The van der Waals surface area contributed by atoms with E-state index in [0.29, 0.717) is 17.9 Å². The summed E-state index contributed by atoms with van der Waals surface area (Å²) in [5.41, 5.74) is 7.88. The van der Waals surface area contributed by atoms with E-state index in [1.165, 1.54) is 50.5 Å². The first-order chi connectivity index (χ1) is 9.72. The highest BCUT2D eigenvalue weighted by Gasteiger charge is 2.28. The Morgan fingerprint density at radius 1 is 1.20 bits per heavy atom. The van der Waals surface area contributed by atoms with Gasteiger partial charge in [0, 0.05) is 18.4 Å². The lowest BCUT2D eigenvalue weighted by molar-refractivity contribution is 0.220. The van der Waals surface area contributed by atoms with Gasteiger partial charge in [-0.15, -0.1) is 0 Å². The molecular formula is C18H30N2. The number of nitrogens with two attached hydrogens (primary N) is 1. The summed E-state index contributed by atoms with van der Waals surface area (Å²) < 4.78 is 0. The van der Waals surface area contributed by atoms with Gasteiger partial charge in [-0.1, -0.05) is 46.0 Å². The van der Waals surface area contributed by atoms with E-state index in [1.807, 2.05) is 12.4 Å². The van der Waals surface area contributed by atoms with Crippen LogP contribution in [0.3, 0.4) is 0 Å². The Kier molecular flexibility index (Phi) is 6.03. The second kappa shape index (κ2) is 7.78. The van der Waals surface area contributed by atoms with Gasteiger partial charge in [0.25, 0.3) is 0 Å². The summed E-state index contributed by atoms with van der Waals surface area (Å²) in [6.07, 6.45) is 13.3. The molecule has 0 radical (unpaired) electrons. The van der Waals surface area contributed by atoms with Gasteiger partial charge in [0.1, 0.15) is 0 Å². The van der Waals surface area contributed by atoms with Crippen LogP contribution in [-0.2, 0) is 0 Å². The molecule has 1 heterocycles. The van der Waals surface area contributed by atoms with E-state index in [1.54, 1.807) is 0 Å². The van der Waals surface area contributed by atoms with Crippen molar-refractivity contribution in [3.8, 4) is 0 Å². The van der Waals surface area contributed by atoms with E-state index < -0.39 is 0 Å². The number of nitrogens with zero attached hydrogens (tertiary/aromatic N) is 1. The summed E-state index contributed by atoms with van der Waals surface area (Å²) in [7, 11) is 0. The molecule has 2 atom stereocenters. The first kappa shape index (κ1) is 15.5. The first-order valence-electron chi connectivity index (χ1n) is 8.37. The van der Waals surface area contributed by atoms with Crippen molar-refractivity contribution in [1.82, 2.24) is 4.98 Å². The highest BCUT2D eigenvalue weighted by atomic mass is 14.7. The average Bonchev–Trinajstić information content (AvgIpc) is 2.53. The lowest BCUT2D eigenvalue weighted by Crippen LogP contribution is -2.37. The van der Waals surface area contributed by atoms with Crippen molar-refractivity contribution in [1.29, 1.82) is 0 Å². The minimum Gasteiger partial charge on any atom is -0.327 e. The molecule has 1 aromatic heterocycles. The third kappa shape index (κ3) is 4.05. The van der Waals surface area contributed by atoms with Crippen LogP contribution in [0.1, 0.15) is 70.3 Å². The van der Waals surface area contributed by atoms with E-state index >= 15 is 0 Å². The zero-order valence-corrected chi connectivity index (χ0v) is 13.1. The van der Waals surface area contributed by atoms with Gasteiger partial charge in [-0.3, -0.25) is 4.98 Å². The zero-order valence-electron chi connectivity index (χ0n) is 13.1. The molecule has 0 amide bonds. The maximum absolute atomic E-state index is 6.55. The zero-order chi connectivity index (χ0) is 14.4. The number of hydrogen-bond donors (Lipinski definition) is 1. The second-order valence-electron chi connectivity index (χ2n) is 6.57. The first-order valence-corrected chi connectivity index (χ1v) is 8.37. The number of pyridine rings is 1. The summed E-state index contributed by atoms with van der Waals surface area (Å²) in [5.74, 6) is 2.11. The van der Waals surface area contributed by atoms with Crippen LogP contribution in [0.4, 0.5) is 0 Å². The molecule has 1 aliphatic carbocycles. The predicted octanol–water partition coefficient (Wildman–Crippen LogP) is 4.51. The van der Waals surface area contributed by atoms with Gasteiger partial charge in [-0.05, 0) is 48.3 Å². The maximum atomic E-state index is 6.55. The van der Waals surface area contributed by atoms with Crippen LogP contribution < -0.4 is 5.73 Å². The highest BCUT2D eigenvalue weighted by molar-refractivity contribution is 5.17. The molecule has 1 aliphatic rings. The van der Waals surface area contributed by atoms with Gasteiger partial charge in [-0.25, -0.2) is 0 Å². The fraction of sp³-hybridized carbons (Fsp3) is 0.722. The van der Waals surface area contributed by atoms with E-state index in [4.69, 9.17) is 5.73 Å². The smallest absolute Gasteiger partial charge is 0.0270 e. The van der Waals surface area contributed by atoms with Crippen molar-refractivity contribution < 1.29 is 0 Å². The van der Waals surface area contributed by atoms with E-state index in [2.05, 4.69) is 31.0 Å². The number of aromatic nitrogens is 1. The van der Waals surface area contributed by atoms with E-state index in [9.17, 15) is 0 Å².